The van der Waals surface area contributed by atoms with Gasteiger partial charge in [0.25, 0.3) is 0 Å². The van der Waals surface area contributed by atoms with Crippen molar-refractivity contribution < 1.29 is 14.3 Å². The highest BCUT2D eigenvalue weighted by atomic mass is 32.1. The van der Waals surface area contributed by atoms with Crippen molar-refractivity contribution in [3.8, 4) is 0 Å². The Kier molecular flexibility index (Phi) is 4.53. The molecule has 0 fully saturated rings. The lowest BCUT2D eigenvalue weighted by Gasteiger charge is -2.29. The van der Waals surface area contributed by atoms with E-state index in [4.69, 9.17) is 15.5 Å². The lowest BCUT2D eigenvalue weighted by molar-refractivity contribution is -0.117. The monoisotopic (exact) mass is 381 g/mol. The third-order valence-electron chi connectivity index (χ3n) is 4.80. The first kappa shape index (κ1) is 17.5. The second-order valence-electron chi connectivity index (χ2n) is 6.54. The summed E-state index contributed by atoms with van der Waals surface area (Å²) in [4.78, 5) is 30.0. The minimum Gasteiger partial charge on any atom is -0.465 e. The second-order valence-corrected chi connectivity index (χ2v) is 7.55. The molecule has 0 radical (unpaired) electrons. The molecule has 1 amide bonds. The summed E-state index contributed by atoms with van der Waals surface area (Å²) < 4.78 is 5.75. The van der Waals surface area contributed by atoms with E-state index in [1.54, 1.807) is 17.4 Å². The summed E-state index contributed by atoms with van der Waals surface area (Å²) in [6.07, 6.45) is 1.13. The van der Waals surface area contributed by atoms with Crippen LogP contribution in [0.1, 0.15) is 27.0 Å². The lowest BCUT2D eigenvalue weighted by Crippen LogP contribution is -2.31. The number of nitrogens with zero attached hydrogens (tertiary/aromatic N) is 2. The van der Waals surface area contributed by atoms with E-state index in [1.165, 1.54) is 18.2 Å². The van der Waals surface area contributed by atoms with Gasteiger partial charge < -0.3 is 15.4 Å². The third kappa shape index (κ3) is 3.38. The van der Waals surface area contributed by atoms with Crippen LogP contribution in [-0.4, -0.2) is 30.5 Å². The second kappa shape index (κ2) is 7.00. The van der Waals surface area contributed by atoms with Gasteiger partial charge in [-0.25, -0.2) is 9.78 Å². The number of carbonyl (C=O) groups is 2. The zero-order valence-electron chi connectivity index (χ0n) is 14.9. The number of aromatic nitrogens is 1. The first-order valence-corrected chi connectivity index (χ1v) is 9.48. The summed E-state index contributed by atoms with van der Waals surface area (Å²) >= 11 is 1.57. The van der Waals surface area contributed by atoms with E-state index in [0.29, 0.717) is 5.56 Å². The number of ether oxygens (including phenoxy) is 1. The molecule has 4 rings (SSSR count). The van der Waals surface area contributed by atoms with Crippen LogP contribution in [-0.2, 0) is 28.9 Å². The van der Waals surface area contributed by atoms with Crippen molar-refractivity contribution in [1.29, 1.82) is 0 Å². The molecule has 2 heterocycles. The molecule has 0 saturated heterocycles. The fraction of sp³-hybridized carbons (Fsp3) is 0.250. The number of nitrogens with two attached hydrogens (primary N) is 1. The first-order chi connectivity index (χ1) is 13.0. The van der Waals surface area contributed by atoms with Crippen LogP contribution < -0.4 is 10.6 Å². The number of carbonyl (C=O) groups excluding carboxylic acids is 2. The molecule has 2 N–H and O–H groups in total. The Hall–Kier alpha value is -2.93. The molecule has 27 heavy (non-hydrogen) atoms. The summed E-state index contributed by atoms with van der Waals surface area (Å²) in [5, 5.41) is 0.929. The molecule has 2 aromatic carbocycles. The maximum absolute atomic E-state index is 11.7. The Morgan fingerprint density at radius 1 is 1.30 bits per heavy atom. The van der Waals surface area contributed by atoms with Crippen molar-refractivity contribution in [2.24, 2.45) is 5.73 Å². The highest BCUT2D eigenvalue weighted by molar-refractivity contribution is 7.22. The molecule has 1 aliphatic heterocycles. The molecule has 138 valence electrons. The first-order valence-electron chi connectivity index (χ1n) is 8.67. The number of methoxy groups -OCH3 is 1. The van der Waals surface area contributed by atoms with Gasteiger partial charge in [-0.15, -0.1) is 0 Å². The Balaban J connectivity index is 1.62. The maximum atomic E-state index is 11.7. The van der Waals surface area contributed by atoms with Gasteiger partial charge in [-0.05, 0) is 41.3 Å². The van der Waals surface area contributed by atoms with Crippen LogP contribution in [0.15, 0.2) is 36.4 Å². The van der Waals surface area contributed by atoms with E-state index >= 15 is 0 Å². The number of hydrogen-bond donors (Lipinski definition) is 1. The van der Waals surface area contributed by atoms with Crippen LogP contribution >= 0.6 is 11.3 Å². The standard InChI is InChI=1S/C20H19N3O3S/c1-26-19(25)13-5-6-16-17(9-13)27-20(22-16)23-8-7-15-12(10-18(21)24)3-2-4-14(15)11-23/h2-6,9H,7-8,10-11H2,1H3,(H2,21,24). The van der Waals surface area contributed by atoms with Crippen LogP contribution in [0.2, 0.25) is 0 Å². The van der Waals surface area contributed by atoms with Crippen LogP contribution in [0.4, 0.5) is 5.13 Å². The van der Waals surface area contributed by atoms with Crippen molar-refractivity contribution in [3.05, 3.63) is 58.7 Å². The van der Waals surface area contributed by atoms with Gasteiger partial charge >= 0.3 is 5.97 Å². The predicted molar refractivity (Wildman–Crippen MR) is 105 cm³/mol. The van der Waals surface area contributed by atoms with Gasteiger partial charge in [-0.2, -0.15) is 0 Å². The quantitative estimate of drug-likeness (QED) is 0.702. The molecule has 0 aliphatic carbocycles. The molecule has 0 unspecified atom stereocenters. The molecular formula is C20H19N3O3S. The van der Waals surface area contributed by atoms with E-state index in [1.807, 2.05) is 24.3 Å². The summed E-state index contributed by atoms with van der Waals surface area (Å²) in [7, 11) is 1.38. The van der Waals surface area contributed by atoms with Gasteiger partial charge in [-0.1, -0.05) is 29.5 Å². The van der Waals surface area contributed by atoms with E-state index < -0.39 is 0 Å². The average molecular weight is 381 g/mol. The smallest absolute Gasteiger partial charge is 0.337 e. The zero-order valence-corrected chi connectivity index (χ0v) is 15.7. The molecule has 6 nitrogen and oxygen atoms in total. The van der Waals surface area contributed by atoms with E-state index in [-0.39, 0.29) is 18.3 Å². The summed E-state index contributed by atoms with van der Waals surface area (Å²) in [6, 6.07) is 11.5. The van der Waals surface area contributed by atoms with E-state index in [2.05, 4.69) is 11.0 Å². The zero-order chi connectivity index (χ0) is 19.0. The molecule has 3 aromatic rings. The average Bonchev–Trinajstić information content (AvgIpc) is 3.10. The van der Waals surface area contributed by atoms with Crippen molar-refractivity contribution in [2.45, 2.75) is 19.4 Å². The van der Waals surface area contributed by atoms with Gasteiger partial charge in [-0.3, -0.25) is 4.79 Å². The third-order valence-corrected chi connectivity index (χ3v) is 5.88. The predicted octanol–water partition coefficient (Wildman–Crippen LogP) is 2.67. The van der Waals surface area contributed by atoms with Crippen LogP contribution in [0, 0.1) is 0 Å². The minimum absolute atomic E-state index is 0.278. The van der Waals surface area contributed by atoms with Crippen molar-refractivity contribution in [3.63, 3.8) is 0 Å². The molecule has 7 heteroatoms. The van der Waals surface area contributed by atoms with Gasteiger partial charge in [0.2, 0.25) is 5.91 Å². The van der Waals surface area contributed by atoms with E-state index in [0.717, 1.165) is 40.4 Å². The van der Waals surface area contributed by atoms with Crippen LogP contribution in [0.5, 0.6) is 0 Å². The highest BCUT2D eigenvalue weighted by Gasteiger charge is 2.22. The number of rotatable bonds is 4. The van der Waals surface area contributed by atoms with Gasteiger partial charge in [0.15, 0.2) is 5.13 Å². The number of fused-ring (bicyclic) bond motifs is 2. The molecule has 1 aromatic heterocycles. The Morgan fingerprint density at radius 2 is 2.15 bits per heavy atom. The fourth-order valence-electron chi connectivity index (χ4n) is 3.50. The maximum Gasteiger partial charge on any atom is 0.337 e. The Bertz CT molecular complexity index is 1040. The minimum atomic E-state index is -0.347. The number of esters is 1. The number of hydrogen-bond acceptors (Lipinski definition) is 6. The normalized spacial score (nSPS) is 13.4. The SMILES string of the molecule is COC(=O)c1ccc2nc(N3CCc4c(CC(N)=O)cccc4C3)sc2c1. The Labute approximate surface area is 160 Å². The van der Waals surface area contributed by atoms with Gasteiger partial charge in [0.05, 0.1) is 29.3 Å². The summed E-state index contributed by atoms with van der Waals surface area (Å²) in [5.41, 5.74) is 10.2. The number of anilines is 1. The Morgan fingerprint density at radius 3 is 2.93 bits per heavy atom. The molecular weight excluding hydrogens is 362 g/mol. The lowest BCUT2D eigenvalue weighted by atomic mass is 9.93. The molecule has 0 bridgehead atoms. The van der Waals surface area contributed by atoms with Crippen molar-refractivity contribution in [2.75, 3.05) is 18.6 Å². The molecule has 0 saturated carbocycles. The van der Waals surface area contributed by atoms with Gasteiger partial charge in [0.1, 0.15) is 0 Å². The number of benzene rings is 2. The number of primary amides is 1. The van der Waals surface area contributed by atoms with Gasteiger partial charge in [0, 0.05) is 13.1 Å². The summed E-state index contributed by atoms with van der Waals surface area (Å²) in [5.74, 6) is -0.654. The largest absolute Gasteiger partial charge is 0.465 e. The van der Waals surface area contributed by atoms with Crippen molar-refractivity contribution in [1.82, 2.24) is 4.98 Å². The summed E-state index contributed by atoms with van der Waals surface area (Å²) in [6.45, 7) is 1.57. The molecule has 0 spiro atoms. The highest BCUT2D eigenvalue weighted by Crippen LogP contribution is 2.33. The van der Waals surface area contributed by atoms with Crippen molar-refractivity contribution >= 4 is 38.6 Å². The van der Waals surface area contributed by atoms with E-state index in [9.17, 15) is 9.59 Å². The number of amides is 1. The fourth-order valence-corrected chi connectivity index (χ4v) is 4.53. The molecule has 1 aliphatic rings. The van der Waals surface area contributed by atoms with Crippen LogP contribution in [0.3, 0.4) is 0 Å². The van der Waals surface area contributed by atoms with Crippen LogP contribution in [0.25, 0.3) is 10.2 Å². The number of thiazole rings is 1. The topological polar surface area (TPSA) is 85.5 Å². The molecule has 0 atom stereocenters.